The molecule has 0 spiro atoms. The molecule has 1 atom stereocenters. The maximum atomic E-state index is 12.2. The largest absolute Gasteiger partial charge is 0.395 e. The molecule has 114 valence electrons. The van der Waals surface area contributed by atoms with E-state index >= 15 is 0 Å². The molecule has 21 heavy (non-hydrogen) atoms. The number of hydrogen-bond donors (Lipinski definition) is 2. The van der Waals surface area contributed by atoms with E-state index in [2.05, 4.69) is 24.1 Å². The van der Waals surface area contributed by atoms with Gasteiger partial charge in [-0.05, 0) is 24.6 Å². The Kier molecular flexibility index (Phi) is 8.18. The first-order chi connectivity index (χ1) is 10.2. The van der Waals surface area contributed by atoms with Crippen LogP contribution >= 0.6 is 0 Å². The zero-order chi connectivity index (χ0) is 15.5. The van der Waals surface area contributed by atoms with Crippen LogP contribution in [0.5, 0.6) is 0 Å². The van der Waals surface area contributed by atoms with E-state index in [-0.39, 0.29) is 18.6 Å². The minimum atomic E-state index is -0.115. The lowest BCUT2D eigenvalue weighted by Crippen LogP contribution is -2.37. The number of benzene rings is 1. The van der Waals surface area contributed by atoms with E-state index in [4.69, 9.17) is 9.84 Å². The third-order valence-electron chi connectivity index (χ3n) is 2.93. The average molecular weight is 289 g/mol. The van der Waals surface area contributed by atoms with Crippen molar-refractivity contribution >= 4 is 5.91 Å². The Morgan fingerprint density at radius 3 is 2.95 bits per heavy atom. The van der Waals surface area contributed by atoms with E-state index < -0.39 is 0 Å². The number of nitrogens with one attached hydrogen (secondary N) is 1. The molecular weight excluding hydrogens is 266 g/mol. The normalized spacial score (nSPS) is 11.4. The summed E-state index contributed by atoms with van der Waals surface area (Å²) in [5.41, 5.74) is 1.36. The summed E-state index contributed by atoms with van der Waals surface area (Å²) in [4.78, 5) is 12.2. The Bertz CT molecular complexity index is 496. The summed E-state index contributed by atoms with van der Waals surface area (Å²) in [5, 5.41) is 11.7. The fraction of sp³-hybridized carbons (Fsp3) is 0.471. The molecule has 2 N–H and O–H groups in total. The summed E-state index contributed by atoms with van der Waals surface area (Å²) in [6.45, 7) is 2.63. The number of ether oxygens (including phenoxy) is 1. The molecule has 1 amide bonds. The van der Waals surface area contributed by atoms with Gasteiger partial charge >= 0.3 is 0 Å². The first-order valence-corrected chi connectivity index (χ1v) is 7.20. The van der Waals surface area contributed by atoms with Crippen LogP contribution in [0.15, 0.2) is 24.3 Å². The summed E-state index contributed by atoms with van der Waals surface area (Å²) in [5.74, 6) is 5.66. The number of carbonyl (C=O) groups excluding carboxylic acids is 1. The van der Waals surface area contributed by atoms with Crippen LogP contribution in [0.3, 0.4) is 0 Å². The number of hydrogen-bond acceptors (Lipinski definition) is 3. The fourth-order valence-corrected chi connectivity index (χ4v) is 1.97. The zero-order valence-electron chi connectivity index (χ0n) is 12.7. The van der Waals surface area contributed by atoms with Gasteiger partial charge in [-0.25, -0.2) is 0 Å². The smallest absolute Gasteiger partial charge is 0.251 e. The molecular formula is C17H23NO3. The average Bonchev–Trinajstić information content (AvgIpc) is 2.48. The Morgan fingerprint density at radius 1 is 1.48 bits per heavy atom. The summed E-state index contributed by atoms with van der Waals surface area (Å²) in [6.07, 6.45) is 2.30. The van der Waals surface area contributed by atoms with Crippen LogP contribution in [-0.2, 0) is 4.74 Å². The lowest BCUT2D eigenvalue weighted by Gasteiger charge is -2.17. The molecule has 0 aliphatic carbocycles. The van der Waals surface area contributed by atoms with Crippen molar-refractivity contribution in [3.63, 3.8) is 0 Å². The van der Waals surface area contributed by atoms with Gasteiger partial charge in [-0.1, -0.05) is 31.3 Å². The number of aliphatic hydroxyl groups excluding tert-OH is 1. The Balaban J connectivity index is 2.73. The van der Waals surface area contributed by atoms with Gasteiger partial charge in [-0.2, -0.15) is 0 Å². The van der Waals surface area contributed by atoms with E-state index in [0.717, 1.165) is 18.4 Å². The lowest BCUT2D eigenvalue weighted by molar-refractivity contribution is 0.0891. The SMILES string of the molecule is CCCC(COC)NC(=O)c1cccc(C#CCCO)c1. The maximum absolute atomic E-state index is 12.2. The molecule has 0 aliphatic heterocycles. The van der Waals surface area contributed by atoms with Crippen LogP contribution in [0.4, 0.5) is 0 Å². The van der Waals surface area contributed by atoms with Crippen molar-refractivity contribution in [3.8, 4) is 11.8 Å². The van der Waals surface area contributed by atoms with Crippen molar-refractivity contribution in [2.75, 3.05) is 20.3 Å². The maximum Gasteiger partial charge on any atom is 0.251 e. The number of aliphatic hydroxyl groups is 1. The van der Waals surface area contributed by atoms with Crippen molar-refractivity contribution in [3.05, 3.63) is 35.4 Å². The van der Waals surface area contributed by atoms with Crippen LogP contribution in [-0.4, -0.2) is 37.4 Å². The molecule has 4 heteroatoms. The molecule has 0 bridgehead atoms. The predicted molar refractivity (Wildman–Crippen MR) is 83.1 cm³/mol. The first-order valence-electron chi connectivity index (χ1n) is 7.20. The standard InChI is InChI=1S/C17H23NO3/c1-3-7-16(13-21-2)18-17(20)15-10-6-9-14(12-15)8-4-5-11-19/h6,9-10,12,16,19H,3,5,7,11,13H2,1-2H3,(H,18,20). The minimum Gasteiger partial charge on any atom is -0.395 e. The van der Waals surface area contributed by atoms with Crippen LogP contribution < -0.4 is 5.32 Å². The molecule has 0 fully saturated rings. The molecule has 0 radical (unpaired) electrons. The Labute approximate surface area is 126 Å². The summed E-state index contributed by atoms with van der Waals surface area (Å²) >= 11 is 0. The van der Waals surface area contributed by atoms with Crippen LogP contribution in [0, 0.1) is 11.8 Å². The molecule has 0 aromatic heterocycles. The molecule has 1 unspecified atom stereocenters. The van der Waals surface area contributed by atoms with Gasteiger partial charge in [0.05, 0.1) is 19.3 Å². The highest BCUT2D eigenvalue weighted by Crippen LogP contribution is 2.06. The second kappa shape index (κ2) is 9.98. The van der Waals surface area contributed by atoms with Gasteiger partial charge in [-0.3, -0.25) is 4.79 Å². The highest BCUT2D eigenvalue weighted by molar-refractivity contribution is 5.94. The van der Waals surface area contributed by atoms with E-state index in [1.807, 2.05) is 12.1 Å². The van der Waals surface area contributed by atoms with Gasteiger partial charge in [0.15, 0.2) is 0 Å². The molecule has 0 aliphatic rings. The van der Waals surface area contributed by atoms with Gasteiger partial charge in [-0.15, -0.1) is 0 Å². The van der Waals surface area contributed by atoms with E-state index in [9.17, 15) is 4.79 Å². The van der Waals surface area contributed by atoms with E-state index in [1.54, 1.807) is 19.2 Å². The molecule has 1 aromatic rings. The first kappa shape index (κ1) is 17.2. The second-order valence-corrected chi connectivity index (χ2v) is 4.77. The number of amides is 1. The van der Waals surface area contributed by atoms with Crippen molar-refractivity contribution in [2.24, 2.45) is 0 Å². The van der Waals surface area contributed by atoms with Crippen molar-refractivity contribution in [1.29, 1.82) is 0 Å². The summed E-state index contributed by atoms with van der Waals surface area (Å²) in [7, 11) is 1.63. The van der Waals surface area contributed by atoms with Crippen molar-refractivity contribution in [1.82, 2.24) is 5.32 Å². The zero-order valence-corrected chi connectivity index (χ0v) is 12.7. The Morgan fingerprint density at radius 2 is 2.29 bits per heavy atom. The van der Waals surface area contributed by atoms with Crippen LogP contribution in [0.2, 0.25) is 0 Å². The third-order valence-corrected chi connectivity index (χ3v) is 2.93. The van der Waals surface area contributed by atoms with Gasteiger partial charge in [0, 0.05) is 24.7 Å². The molecule has 0 saturated carbocycles. The Hall–Kier alpha value is -1.83. The molecule has 1 aromatic carbocycles. The number of methoxy groups -OCH3 is 1. The summed E-state index contributed by atoms with van der Waals surface area (Å²) in [6, 6.07) is 7.21. The van der Waals surface area contributed by atoms with Crippen molar-refractivity contribution in [2.45, 2.75) is 32.2 Å². The number of carbonyl (C=O) groups is 1. The molecule has 1 rings (SSSR count). The lowest BCUT2D eigenvalue weighted by atomic mass is 10.1. The fourth-order valence-electron chi connectivity index (χ4n) is 1.97. The highest BCUT2D eigenvalue weighted by atomic mass is 16.5. The van der Waals surface area contributed by atoms with Crippen LogP contribution in [0.1, 0.15) is 42.1 Å². The highest BCUT2D eigenvalue weighted by Gasteiger charge is 2.12. The van der Waals surface area contributed by atoms with Gasteiger partial charge < -0.3 is 15.2 Å². The minimum absolute atomic E-state index is 0.0247. The molecule has 0 heterocycles. The van der Waals surface area contributed by atoms with E-state index in [0.29, 0.717) is 18.6 Å². The molecule has 4 nitrogen and oxygen atoms in total. The molecule has 0 saturated heterocycles. The van der Waals surface area contributed by atoms with Gasteiger partial charge in [0.2, 0.25) is 0 Å². The van der Waals surface area contributed by atoms with Crippen LogP contribution in [0.25, 0.3) is 0 Å². The van der Waals surface area contributed by atoms with Crippen molar-refractivity contribution < 1.29 is 14.6 Å². The van der Waals surface area contributed by atoms with Gasteiger partial charge in [0.1, 0.15) is 0 Å². The monoisotopic (exact) mass is 289 g/mol. The predicted octanol–water partition coefficient (Wildman–Crippen LogP) is 1.97. The number of rotatable bonds is 7. The quantitative estimate of drug-likeness (QED) is 0.755. The van der Waals surface area contributed by atoms with Gasteiger partial charge in [0.25, 0.3) is 5.91 Å². The topological polar surface area (TPSA) is 58.6 Å². The second-order valence-electron chi connectivity index (χ2n) is 4.77. The third kappa shape index (κ3) is 6.44. The summed E-state index contributed by atoms with van der Waals surface area (Å²) < 4.78 is 5.12. The van der Waals surface area contributed by atoms with E-state index in [1.165, 1.54) is 0 Å².